The molecule has 1 aromatic heterocycles. The Labute approximate surface area is 117 Å². The van der Waals surface area contributed by atoms with E-state index in [-0.39, 0.29) is 11.2 Å². The number of hydrogen-bond donors (Lipinski definition) is 0. The lowest BCUT2D eigenvalue weighted by Gasteiger charge is -2.18. The van der Waals surface area contributed by atoms with E-state index in [0.717, 1.165) is 5.56 Å². The largest absolute Gasteiger partial charge is 0.232 e. The first-order valence-electron chi connectivity index (χ1n) is 6.09. The fourth-order valence-electron chi connectivity index (χ4n) is 1.78. The summed E-state index contributed by atoms with van der Waals surface area (Å²) in [7, 11) is 0. The van der Waals surface area contributed by atoms with Gasteiger partial charge in [-0.15, -0.1) is 0 Å². The maximum Gasteiger partial charge on any atom is 0.136 e. The standard InChI is InChI=1S/C15H16ClFN2/c1-9-10(6-5-7-11(9)17)12-8-13(16)19-14(18-12)15(2,3)4/h5-8H,1-4H3. The van der Waals surface area contributed by atoms with Crippen LogP contribution in [0.2, 0.25) is 5.15 Å². The van der Waals surface area contributed by atoms with Gasteiger partial charge in [0.1, 0.15) is 16.8 Å². The van der Waals surface area contributed by atoms with E-state index in [1.807, 2.05) is 26.8 Å². The zero-order valence-corrected chi connectivity index (χ0v) is 12.2. The summed E-state index contributed by atoms with van der Waals surface area (Å²) in [4.78, 5) is 8.76. The van der Waals surface area contributed by atoms with Gasteiger partial charge in [-0.3, -0.25) is 0 Å². The third-order valence-electron chi connectivity index (χ3n) is 2.91. The molecule has 0 fully saturated rings. The molecule has 2 rings (SSSR count). The van der Waals surface area contributed by atoms with Crippen LogP contribution in [0.5, 0.6) is 0 Å². The predicted molar refractivity (Wildman–Crippen MR) is 75.9 cm³/mol. The minimum Gasteiger partial charge on any atom is -0.232 e. The zero-order chi connectivity index (χ0) is 14.2. The predicted octanol–water partition coefficient (Wildman–Crippen LogP) is 4.54. The minimum atomic E-state index is -0.246. The molecule has 0 saturated heterocycles. The van der Waals surface area contributed by atoms with Crippen molar-refractivity contribution in [2.24, 2.45) is 0 Å². The van der Waals surface area contributed by atoms with Crippen molar-refractivity contribution < 1.29 is 4.39 Å². The molecular weight excluding hydrogens is 263 g/mol. The van der Waals surface area contributed by atoms with Crippen LogP contribution < -0.4 is 0 Å². The van der Waals surface area contributed by atoms with Gasteiger partial charge in [-0.05, 0) is 18.6 Å². The molecule has 19 heavy (non-hydrogen) atoms. The molecule has 100 valence electrons. The molecule has 0 bridgehead atoms. The number of hydrogen-bond acceptors (Lipinski definition) is 2. The van der Waals surface area contributed by atoms with Crippen LogP contribution in [0.15, 0.2) is 24.3 Å². The first-order valence-corrected chi connectivity index (χ1v) is 6.47. The van der Waals surface area contributed by atoms with Crippen LogP contribution in [0.25, 0.3) is 11.3 Å². The maximum absolute atomic E-state index is 13.6. The maximum atomic E-state index is 13.6. The molecule has 0 saturated carbocycles. The monoisotopic (exact) mass is 278 g/mol. The Morgan fingerprint density at radius 3 is 2.47 bits per heavy atom. The van der Waals surface area contributed by atoms with Gasteiger partial charge < -0.3 is 0 Å². The molecule has 4 heteroatoms. The Hall–Kier alpha value is -1.48. The highest BCUT2D eigenvalue weighted by Gasteiger charge is 2.20. The van der Waals surface area contributed by atoms with Crippen LogP contribution in [0.1, 0.15) is 32.2 Å². The van der Waals surface area contributed by atoms with Crippen molar-refractivity contribution in [2.75, 3.05) is 0 Å². The van der Waals surface area contributed by atoms with Gasteiger partial charge in [-0.1, -0.05) is 44.5 Å². The summed E-state index contributed by atoms with van der Waals surface area (Å²) >= 11 is 6.05. The molecule has 0 radical (unpaired) electrons. The summed E-state index contributed by atoms with van der Waals surface area (Å²) in [6.07, 6.45) is 0. The summed E-state index contributed by atoms with van der Waals surface area (Å²) in [5, 5.41) is 0.374. The van der Waals surface area contributed by atoms with Gasteiger partial charge in [0.15, 0.2) is 0 Å². The van der Waals surface area contributed by atoms with E-state index in [9.17, 15) is 4.39 Å². The second-order valence-electron chi connectivity index (χ2n) is 5.56. The molecule has 0 spiro atoms. The number of nitrogens with zero attached hydrogens (tertiary/aromatic N) is 2. The molecule has 0 unspecified atom stereocenters. The van der Waals surface area contributed by atoms with Gasteiger partial charge in [0.2, 0.25) is 0 Å². The fraction of sp³-hybridized carbons (Fsp3) is 0.333. The van der Waals surface area contributed by atoms with E-state index >= 15 is 0 Å². The van der Waals surface area contributed by atoms with E-state index in [2.05, 4.69) is 9.97 Å². The van der Waals surface area contributed by atoms with Crippen LogP contribution in [0.4, 0.5) is 4.39 Å². The van der Waals surface area contributed by atoms with E-state index in [1.54, 1.807) is 19.1 Å². The molecule has 0 N–H and O–H groups in total. The molecule has 1 aromatic carbocycles. The summed E-state index contributed by atoms with van der Waals surface area (Å²) in [6.45, 7) is 7.78. The highest BCUT2D eigenvalue weighted by molar-refractivity contribution is 6.29. The van der Waals surface area contributed by atoms with Crippen molar-refractivity contribution in [1.82, 2.24) is 9.97 Å². The molecule has 2 aromatic rings. The van der Waals surface area contributed by atoms with Gasteiger partial charge in [0, 0.05) is 17.0 Å². The van der Waals surface area contributed by atoms with Crippen molar-refractivity contribution in [2.45, 2.75) is 33.1 Å². The zero-order valence-electron chi connectivity index (χ0n) is 11.5. The molecular formula is C15H16ClFN2. The fourth-order valence-corrected chi connectivity index (χ4v) is 1.96. The van der Waals surface area contributed by atoms with E-state index < -0.39 is 0 Å². The van der Waals surface area contributed by atoms with E-state index in [0.29, 0.717) is 22.2 Å². The average molecular weight is 279 g/mol. The van der Waals surface area contributed by atoms with Crippen LogP contribution in [-0.2, 0) is 5.41 Å². The molecule has 0 aliphatic carbocycles. The average Bonchev–Trinajstić information content (AvgIpc) is 2.31. The lowest BCUT2D eigenvalue weighted by molar-refractivity contribution is 0.546. The topological polar surface area (TPSA) is 25.8 Å². The molecule has 0 aliphatic rings. The van der Waals surface area contributed by atoms with Gasteiger partial charge >= 0.3 is 0 Å². The van der Waals surface area contributed by atoms with Gasteiger partial charge in [-0.2, -0.15) is 0 Å². The van der Waals surface area contributed by atoms with Crippen molar-refractivity contribution in [1.29, 1.82) is 0 Å². The summed E-state index contributed by atoms with van der Waals surface area (Å²) in [6, 6.07) is 6.61. The van der Waals surface area contributed by atoms with Crippen molar-refractivity contribution in [3.05, 3.63) is 46.6 Å². The smallest absolute Gasteiger partial charge is 0.136 e. The Morgan fingerprint density at radius 2 is 1.84 bits per heavy atom. The van der Waals surface area contributed by atoms with E-state index in [4.69, 9.17) is 11.6 Å². The number of halogens is 2. The molecule has 0 amide bonds. The van der Waals surface area contributed by atoms with Crippen LogP contribution in [-0.4, -0.2) is 9.97 Å². The number of aromatic nitrogens is 2. The Balaban J connectivity index is 2.63. The van der Waals surface area contributed by atoms with Gasteiger partial charge in [0.05, 0.1) is 5.69 Å². The van der Waals surface area contributed by atoms with Crippen molar-refractivity contribution in [3.63, 3.8) is 0 Å². The first kappa shape index (κ1) is 13.9. The number of rotatable bonds is 1. The highest BCUT2D eigenvalue weighted by atomic mass is 35.5. The van der Waals surface area contributed by atoms with Crippen molar-refractivity contribution in [3.8, 4) is 11.3 Å². The molecule has 0 atom stereocenters. The van der Waals surface area contributed by atoms with Crippen LogP contribution in [0, 0.1) is 12.7 Å². The first-order chi connectivity index (χ1) is 8.79. The quantitative estimate of drug-likeness (QED) is 0.716. The van der Waals surface area contributed by atoms with Gasteiger partial charge in [-0.25, -0.2) is 14.4 Å². The molecule has 2 nitrogen and oxygen atoms in total. The highest BCUT2D eigenvalue weighted by Crippen LogP contribution is 2.28. The molecule has 1 heterocycles. The normalized spacial score (nSPS) is 11.7. The summed E-state index contributed by atoms with van der Waals surface area (Å²) < 4.78 is 13.6. The lowest BCUT2D eigenvalue weighted by atomic mass is 9.95. The second-order valence-corrected chi connectivity index (χ2v) is 5.95. The lowest BCUT2D eigenvalue weighted by Crippen LogP contribution is -2.16. The minimum absolute atomic E-state index is 0.207. The van der Waals surface area contributed by atoms with Crippen LogP contribution >= 0.6 is 11.6 Å². The third kappa shape index (κ3) is 2.92. The van der Waals surface area contributed by atoms with E-state index in [1.165, 1.54) is 6.07 Å². The van der Waals surface area contributed by atoms with Crippen molar-refractivity contribution >= 4 is 11.6 Å². The van der Waals surface area contributed by atoms with Gasteiger partial charge in [0.25, 0.3) is 0 Å². The Bertz CT molecular complexity index is 618. The molecule has 0 aliphatic heterocycles. The Kier molecular flexibility index (Phi) is 3.59. The summed E-state index contributed by atoms with van der Waals surface area (Å²) in [5.74, 6) is 0.406. The third-order valence-corrected chi connectivity index (χ3v) is 3.10. The SMILES string of the molecule is Cc1c(F)cccc1-c1cc(Cl)nc(C(C)(C)C)n1. The summed E-state index contributed by atoms with van der Waals surface area (Å²) in [5.41, 5.74) is 1.76. The second kappa shape index (κ2) is 4.89. The Morgan fingerprint density at radius 1 is 1.16 bits per heavy atom. The van der Waals surface area contributed by atoms with Crippen LogP contribution in [0.3, 0.4) is 0 Å². The number of benzene rings is 1.